The van der Waals surface area contributed by atoms with E-state index >= 15 is 0 Å². The van der Waals surface area contributed by atoms with Crippen molar-refractivity contribution in [3.63, 3.8) is 0 Å². The van der Waals surface area contributed by atoms with Gasteiger partial charge in [0, 0.05) is 33.3 Å². The van der Waals surface area contributed by atoms with Crippen molar-refractivity contribution in [2.24, 2.45) is 0 Å². The highest BCUT2D eigenvalue weighted by molar-refractivity contribution is 9.13. The number of hydrogen-bond donors (Lipinski definition) is 0. The molecule has 0 spiro atoms. The molecule has 1 aromatic heterocycles. The average Bonchev–Trinajstić information content (AvgIpc) is 2.95. The SMILES string of the molecule is Brc1cccc(C2(Cn3ccnc3)CCCCC2)c1Br. The molecule has 0 aliphatic heterocycles. The molecule has 0 N–H and O–H groups in total. The fraction of sp³-hybridized carbons (Fsp3) is 0.438. The molecule has 1 aromatic carbocycles. The van der Waals surface area contributed by atoms with Crippen LogP contribution in [-0.2, 0) is 12.0 Å². The fourth-order valence-electron chi connectivity index (χ4n) is 3.38. The third-order valence-corrected chi connectivity index (χ3v) is 6.43. The van der Waals surface area contributed by atoms with Gasteiger partial charge in [-0.25, -0.2) is 4.98 Å². The van der Waals surface area contributed by atoms with Crippen LogP contribution in [0.5, 0.6) is 0 Å². The maximum atomic E-state index is 4.19. The van der Waals surface area contributed by atoms with Gasteiger partial charge in [-0.1, -0.05) is 31.4 Å². The van der Waals surface area contributed by atoms with Gasteiger partial charge >= 0.3 is 0 Å². The van der Waals surface area contributed by atoms with Gasteiger partial charge < -0.3 is 4.57 Å². The molecular formula is C16H18Br2N2. The summed E-state index contributed by atoms with van der Waals surface area (Å²) >= 11 is 7.43. The molecule has 0 amide bonds. The van der Waals surface area contributed by atoms with E-state index in [0.29, 0.717) is 0 Å². The van der Waals surface area contributed by atoms with E-state index in [0.717, 1.165) is 11.0 Å². The maximum absolute atomic E-state index is 4.19. The van der Waals surface area contributed by atoms with E-state index in [4.69, 9.17) is 0 Å². The molecule has 3 rings (SSSR count). The van der Waals surface area contributed by atoms with Crippen LogP contribution >= 0.6 is 31.9 Å². The van der Waals surface area contributed by atoms with Crippen molar-refractivity contribution in [3.05, 3.63) is 51.4 Å². The number of nitrogens with zero attached hydrogens (tertiary/aromatic N) is 2. The van der Waals surface area contributed by atoms with Crippen LogP contribution in [0.2, 0.25) is 0 Å². The number of hydrogen-bond acceptors (Lipinski definition) is 1. The van der Waals surface area contributed by atoms with Gasteiger partial charge in [0.15, 0.2) is 0 Å². The highest BCUT2D eigenvalue weighted by atomic mass is 79.9. The highest BCUT2D eigenvalue weighted by Crippen LogP contribution is 2.45. The molecule has 1 aliphatic rings. The average molecular weight is 398 g/mol. The first-order valence-corrected chi connectivity index (χ1v) is 8.70. The molecule has 1 fully saturated rings. The number of halogens is 2. The molecule has 2 aromatic rings. The van der Waals surface area contributed by atoms with Crippen LogP contribution in [0.15, 0.2) is 45.9 Å². The highest BCUT2D eigenvalue weighted by Gasteiger charge is 2.36. The molecule has 106 valence electrons. The summed E-state index contributed by atoms with van der Waals surface area (Å²) in [4.78, 5) is 4.19. The Morgan fingerprint density at radius 3 is 2.65 bits per heavy atom. The third-order valence-electron chi connectivity index (χ3n) is 4.38. The lowest BCUT2D eigenvalue weighted by Gasteiger charge is -2.39. The molecule has 0 bridgehead atoms. The number of benzene rings is 1. The second-order valence-corrected chi connectivity index (χ2v) is 7.32. The summed E-state index contributed by atoms with van der Waals surface area (Å²) in [6.07, 6.45) is 12.4. The summed E-state index contributed by atoms with van der Waals surface area (Å²) in [5.41, 5.74) is 1.65. The summed E-state index contributed by atoms with van der Waals surface area (Å²) in [7, 11) is 0. The van der Waals surface area contributed by atoms with Crippen molar-refractivity contribution in [2.75, 3.05) is 0 Å². The standard InChI is InChI=1S/C16H18Br2N2/c17-14-6-4-5-13(15(14)18)16(7-2-1-3-8-16)11-20-10-9-19-12-20/h4-6,9-10,12H,1-3,7-8,11H2. The summed E-state index contributed by atoms with van der Waals surface area (Å²) in [5.74, 6) is 0. The van der Waals surface area contributed by atoms with Crippen molar-refractivity contribution < 1.29 is 0 Å². The van der Waals surface area contributed by atoms with Gasteiger partial charge in [0.2, 0.25) is 0 Å². The van der Waals surface area contributed by atoms with Gasteiger partial charge in [-0.05, 0) is 56.3 Å². The molecule has 1 heterocycles. The first-order chi connectivity index (χ1) is 9.71. The van der Waals surface area contributed by atoms with Gasteiger partial charge in [-0.15, -0.1) is 0 Å². The first-order valence-electron chi connectivity index (χ1n) is 7.11. The van der Waals surface area contributed by atoms with Crippen molar-refractivity contribution >= 4 is 31.9 Å². The van der Waals surface area contributed by atoms with Crippen LogP contribution in [-0.4, -0.2) is 9.55 Å². The first kappa shape index (κ1) is 14.3. The Morgan fingerprint density at radius 2 is 1.95 bits per heavy atom. The molecular weight excluding hydrogens is 380 g/mol. The Balaban J connectivity index is 2.02. The molecule has 1 aliphatic carbocycles. The molecule has 4 heteroatoms. The van der Waals surface area contributed by atoms with Crippen molar-refractivity contribution in [2.45, 2.75) is 44.1 Å². The maximum Gasteiger partial charge on any atom is 0.0946 e. The van der Waals surface area contributed by atoms with E-state index in [2.05, 4.69) is 65.8 Å². The number of imidazole rings is 1. The van der Waals surface area contributed by atoms with Gasteiger partial charge in [0.05, 0.1) is 6.33 Å². The summed E-state index contributed by atoms with van der Waals surface area (Å²) < 4.78 is 4.58. The Hall–Kier alpha value is -0.610. The molecule has 2 nitrogen and oxygen atoms in total. The fourth-order valence-corrected chi connectivity index (χ4v) is 4.44. The summed E-state index contributed by atoms with van der Waals surface area (Å²) in [5, 5.41) is 0. The largest absolute Gasteiger partial charge is 0.337 e. The predicted molar refractivity (Wildman–Crippen MR) is 88.8 cm³/mol. The number of aromatic nitrogens is 2. The van der Waals surface area contributed by atoms with Gasteiger partial charge in [-0.2, -0.15) is 0 Å². The Labute approximate surface area is 136 Å². The smallest absolute Gasteiger partial charge is 0.0946 e. The molecule has 20 heavy (non-hydrogen) atoms. The minimum absolute atomic E-state index is 0.224. The van der Waals surface area contributed by atoms with Gasteiger partial charge in [0.25, 0.3) is 0 Å². The lowest BCUT2D eigenvalue weighted by atomic mass is 9.69. The molecule has 0 radical (unpaired) electrons. The molecule has 1 saturated carbocycles. The molecule has 0 saturated heterocycles. The monoisotopic (exact) mass is 396 g/mol. The Kier molecular flexibility index (Phi) is 4.32. The lowest BCUT2D eigenvalue weighted by molar-refractivity contribution is 0.255. The topological polar surface area (TPSA) is 17.8 Å². The number of rotatable bonds is 3. The van der Waals surface area contributed by atoms with E-state index in [-0.39, 0.29) is 5.41 Å². The summed E-state index contributed by atoms with van der Waals surface area (Å²) in [6, 6.07) is 6.52. The minimum Gasteiger partial charge on any atom is -0.337 e. The van der Waals surface area contributed by atoms with Crippen molar-refractivity contribution in [3.8, 4) is 0 Å². The van der Waals surface area contributed by atoms with Gasteiger partial charge in [-0.3, -0.25) is 0 Å². The van der Waals surface area contributed by atoms with Gasteiger partial charge in [0.1, 0.15) is 0 Å². The molecule has 0 atom stereocenters. The van der Waals surface area contributed by atoms with Crippen molar-refractivity contribution in [1.82, 2.24) is 9.55 Å². The Bertz CT molecular complexity index is 572. The Morgan fingerprint density at radius 1 is 1.15 bits per heavy atom. The van der Waals surface area contributed by atoms with E-state index in [1.807, 2.05) is 12.5 Å². The zero-order chi connectivity index (χ0) is 14.0. The predicted octanol–water partition coefficient (Wildman–Crippen LogP) is 5.31. The third kappa shape index (κ3) is 2.73. The summed E-state index contributed by atoms with van der Waals surface area (Å²) in [6.45, 7) is 1.02. The van der Waals surface area contributed by atoms with Crippen LogP contribution in [0.4, 0.5) is 0 Å². The second-order valence-electron chi connectivity index (χ2n) is 5.68. The van der Waals surface area contributed by atoms with E-state index < -0.39 is 0 Å². The zero-order valence-electron chi connectivity index (χ0n) is 11.4. The quantitative estimate of drug-likeness (QED) is 0.686. The molecule has 0 unspecified atom stereocenters. The van der Waals surface area contributed by atoms with Crippen molar-refractivity contribution in [1.29, 1.82) is 0 Å². The van der Waals surface area contributed by atoms with Crippen LogP contribution in [0.3, 0.4) is 0 Å². The zero-order valence-corrected chi connectivity index (χ0v) is 14.5. The minimum atomic E-state index is 0.224. The van der Waals surface area contributed by atoms with Crippen LogP contribution in [0.1, 0.15) is 37.7 Å². The van der Waals surface area contributed by atoms with E-state index in [1.165, 1.54) is 42.1 Å². The lowest BCUT2D eigenvalue weighted by Crippen LogP contribution is -2.34. The second kappa shape index (κ2) is 6.02. The van der Waals surface area contributed by atoms with Crippen LogP contribution < -0.4 is 0 Å². The normalized spacial score (nSPS) is 18.1. The van der Waals surface area contributed by atoms with Crippen LogP contribution in [0.25, 0.3) is 0 Å². The van der Waals surface area contributed by atoms with E-state index in [9.17, 15) is 0 Å². The van der Waals surface area contributed by atoms with E-state index in [1.54, 1.807) is 0 Å². The van der Waals surface area contributed by atoms with Crippen LogP contribution in [0, 0.1) is 0 Å².